The van der Waals surface area contributed by atoms with Gasteiger partial charge in [0, 0.05) is 6.08 Å². The van der Waals surface area contributed by atoms with E-state index in [9.17, 15) is 14.4 Å². The van der Waals surface area contributed by atoms with Crippen LogP contribution in [0.5, 0.6) is 0 Å². The molecule has 0 unspecified atom stereocenters. The van der Waals surface area contributed by atoms with Gasteiger partial charge in [0.1, 0.15) is 0 Å². The van der Waals surface area contributed by atoms with Crippen LogP contribution in [-0.2, 0) is 19.1 Å². The first-order valence-corrected chi connectivity index (χ1v) is 8.43. The third-order valence-electron chi connectivity index (χ3n) is 3.31. The Morgan fingerprint density at radius 2 is 1.78 bits per heavy atom. The molecule has 0 bridgehead atoms. The van der Waals surface area contributed by atoms with Gasteiger partial charge in [-0.2, -0.15) is 0 Å². The van der Waals surface area contributed by atoms with Crippen molar-refractivity contribution in [3.8, 4) is 0 Å². The van der Waals surface area contributed by atoms with Gasteiger partial charge in [0.2, 0.25) is 0 Å². The minimum Gasteiger partial charge on any atom is -0.465 e. The van der Waals surface area contributed by atoms with Gasteiger partial charge in [0.05, 0.1) is 28.4 Å². The molecule has 140 valence electrons. The third kappa shape index (κ3) is 6.13. The second kappa shape index (κ2) is 9.75. The van der Waals surface area contributed by atoms with Crippen molar-refractivity contribution >= 4 is 52.8 Å². The molecule has 0 saturated heterocycles. The minimum absolute atomic E-state index is 0.203. The molecule has 0 aliphatic heterocycles. The van der Waals surface area contributed by atoms with Crippen molar-refractivity contribution in [1.82, 2.24) is 0 Å². The van der Waals surface area contributed by atoms with Crippen LogP contribution < -0.4 is 5.32 Å². The van der Waals surface area contributed by atoms with Gasteiger partial charge in [-0.15, -0.1) is 0 Å². The Labute approximate surface area is 165 Å². The van der Waals surface area contributed by atoms with Gasteiger partial charge in [-0.1, -0.05) is 41.4 Å². The predicted octanol–water partition coefficient (Wildman–Crippen LogP) is 3.98. The molecule has 2 rings (SSSR count). The Kier molecular flexibility index (Phi) is 7.40. The number of hydrogen-bond donors (Lipinski definition) is 1. The Morgan fingerprint density at radius 3 is 2.44 bits per heavy atom. The molecular weight excluding hydrogens is 393 g/mol. The molecule has 1 N–H and O–H groups in total. The van der Waals surface area contributed by atoms with E-state index in [1.54, 1.807) is 42.5 Å². The van der Waals surface area contributed by atoms with Crippen LogP contribution in [0.2, 0.25) is 10.0 Å². The molecule has 0 atom stereocenters. The van der Waals surface area contributed by atoms with Crippen LogP contribution >= 0.6 is 23.2 Å². The van der Waals surface area contributed by atoms with Gasteiger partial charge < -0.3 is 14.8 Å². The Hall–Kier alpha value is -2.83. The van der Waals surface area contributed by atoms with E-state index in [1.165, 1.54) is 19.3 Å². The monoisotopic (exact) mass is 407 g/mol. The fraction of sp³-hybridized carbons (Fsp3) is 0.105. The van der Waals surface area contributed by atoms with Crippen molar-refractivity contribution in [3.63, 3.8) is 0 Å². The zero-order chi connectivity index (χ0) is 19.8. The normalized spacial score (nSPS) is 10.5. The van der Waals surface area contributed by atoms with E-state index in [-0.39, 0.29) is 5.02 Å². The summed E-state index contributed by atoms with van der Waals surface area (Å²) in [5.41, 5.74) is 1.40. The summed E-state index contributed by atoms with van der Waals surface area (Å²) in [6.45, 7) is -0.479. The quantitative estimate of drug-likeness (QED) is 0.578. The van der Waals surface area contributed by atoms with Crippen LogP contribution in [0, 0.1) is 0 Å². The number of carbonyl (C=O) groups excluding carboxylic acids is 3. The van der Waals surface area contributed by atoms with Crippen molar-refractivity contribution in [2.24, 2.45) is 0 Å². The zero-order valence-electron chi connectivity index (χ0n) is 14.2. The maximum atomic E-state index is 11.8. The van der Waals surface area contributed by atoms with Crippen LogP contribution in [0.15, 0.2) is 48.5 Å². The fourth-order valence-electron chi connectivity index (χ4n) is 1.98. The maximum Gasteiger partial charge on any atom is 0.337 e. The number of nitrogens with one attached hydrogen (secondary N) is 1. The Balaban J connectivity index is 1.84. The molecule has 0 aromatic heterocycles. The molecule has 0 aliphatic carbocycles. The molecule has 2 aromatic rings. The van der Waals surface area contributed by atoms with Crippen LogP contribution in [0.4, 0.5) is 5.69 Å². The van der Waals surface area contributed by atoms with Crippen molar-refractivity contribution in [1.29, 1.82) is 0 Å². The molecule has 0 heterocycles. The molecule has 0 fully saturated rings. The molecule has 1 amide bonds. The van der Waals surface area contributed by atoms with Crippen molar-refractivity contribution < 1.29 is 23.9 Å². The van der Waals surface area contributed by atoms with Crippen LogP contribution in [0.25, 0.3) is 6.08 Å². The standard InChI is InChI=1S/C19H15Cl2NO5/c1-26-19(25)13-8-5-12(6-9-13)7-10-17(24)27-11-16(23)22-15-4-2-3-14(20)18(15)21/h2-10H,11H2,1H3,(H,22,23)/b10-7+. The highest BCUT2D eigenvalue weighted by Crippen LogP contribution is 2.29. The van der Waals surface area contributed by atoms with Crippen molar-refractivity contribution in [3.05, 3.63) is 69.7 Å². The number of benzene rings is 2. The number of carbonyl (C=O) groups is 3. The van der Waals surface area contributed by atoms with Gasteiger partial charge in [-0.05, 0) is 35.9 Å². The van der Waals surface area contributed by atoms with E-state index in [2.05, 4.69) is 10.1 Å². The number of anilines is 1. The number of methoxy groups -OCH3 is 1. The molecule has 2 aromatic carbocycles. The predicted molar refractivity (Wildman–Crippen MR) is 103 cm³/mol. The molecule has 27 heavy (non-hydrogen) atoms. The summed E-state index contributed by atoms with van der Waals surface area (Å²) in [5, 5.41) is 3.00. The minimum atomic E-state index is -0.695. The lowest BCUT2D eigenvalue weighted by Crippen LogP contribution is -2.20. The first-order chi connectivity index (χ1) is 12.9. The van der Waals surface area contributed by atoms with Crippen molar-refractivity contribution in [2.45, 2.75) is 0 Å². The second-order valence-electron chi connectivity index (χ2n) is 5.20. The van der Waals surface area contributed by atoms with Crippen LogP contribution in [-0.4, -0.2) is 31.6 Å². The molecule has 0 aliphatic rings. The molecular formula is C19H15Cl2NO5. The third-order valence-corrected chi connectivity index (χ3v) is 4.13. The first kappa shape index (κ1) is 20.5. The van der Waals surface area contributed by atoms with E-state index < -0.39 is 24.5 Å². The van der Waals surface area contributed by atoms with Gasteiger partial charge in [0.25, 0.3) is 5.91 Å². The average Bonchev–Trinajstić information content (AvgIpc) is 2.68. The molecule has 0 spiro atoms. The van der Waals surface area contributed by atoms with E-state index in [0.717, 1.165) is 0 Å². The van der Waals surface area contributed by atoms with E-state index in [0.29, 0.717) is 21.8 Å². The Morgan fingerprint density at radius 1 is 1.07 bits per heavy atom. The maximum absolute atomic E-state index is 11.8. The largest absolute Gasteiger partial charge is 0.465 e. The van der Waals surface area contributed by atoms with Crippen LogP contribution in [0.3, 0.4) is 0 Å². The van der Waals surface area contributed by atoms with Crippen molar-refractivity contribution in [2.75, 3.05) is 19.0 Å². The SMILES string of the molecule is COC(=O)c1ccc(/C=C/C(=O)OCC(=O)Nc2cccc(Cl)c2Cl)cc1. The van der Waals surface area contributed by atoms with E-state index in [1.807, 2.05) is 0 Å². The number of esters is 2. The van der Waals surface area contributed by atoms with Crippen LogP contribution in [0.1, 0.15) is 15.9 Å². The first-order valence-electron chi connectivity index (χ1n) is 7.68. The fourth-order valence-corrected chi connectivity index (χ4v) is 2.33. The van der Waals surface area contributed by atoms with E-state index >= 15 is 0 Å². The summed E-state index contributed by atoms with van der Waals surface area (Å²) in [6, 6.07) is 11.2. The summed E-state index contributed by atoms with van der Waals surface area (Å²) < 4.78 is 9.46. The highest BCUT2D eigenvalue weighted by atomic mass is 35.5. The van der Waals surface area contributed by atoms with Gasteiger partial charge in [-0.3, -0.25) is 4.79 Å². The summed E-state index contributed by atoms with van der Waals surface area (Å²) in [7, 11) is 1.29. The highest BCUT2D eigenvalue weighted by Gasteiger charge is 2.10. The topological polar surface area (TPSA) is 81.7 Å². The molecule has 0 saturated carbocycles. The lowest BCUT2D eigenvalue weighted by atomic mass is 10.1. The molecule has 8 heteroatoms. The summed E-state index contributed by atoms with van der Waals surface area (Å²) >= 11 is 11.8. The molecule has 0 radical (unpaired) electrons. The van der Waals surface area contributed by atoms with E-state index in [4.69, 9.17) is 27.9 Å². The number of amides is 1. The smallest absolute Gasteiger partial charge is 0.337 e. The summed E-state index contributed by atoms with van der Waals surface area (Å²) in [6.07, 6.45) is 2.67. The summed E-state index contributed by atoms with van der Waals surface area (Å²) in [4.78, 5) is 34.9. The lowest BCUT2D eigenvalue weighted by molar-refractivity contribution is -0.142. The number of ether oxygens (including phenoxy) is 2. The Bertz CT molecular complexity index is 878. The number of hydrogen-bond acceptors (Lipinski definition) is 5. The van der Waals surface area contributed by atoms with Gasteiger partial charge in [-0.25, -0.2) is 9.59 Å². The molecule has 6 nitrogen and oxygen atoms in total. The average molecular weight is 408 g/mol. The number of halogens is 2. The zero-order valence-corrected chi connectivity index (χ0v) is 15.7. The lowest BCUT2D eigenvalue weighted by Gasteiger charge is -2.08. The summed E-state index contributed by atoms with van der Waals surface area (Å²) in [5.74, 6) is -1.70. The highest BCUT2D eigenvalue weighted by molar-refractivity contribution is 6.44. The van der Waals surface area contributed by atoms with Gasteiger partial charge >= 0.3 is 11.9 Å². The second-order valence-corrected chi connectivity index (χ2v) is 5.99. The number of rotatable bonds is 6. The van der Waals surface area contributed by atoms with Gasteiger partial charge in [0.15, 0.2) is 6.61 Å².